The Morgan fingerprint density at radius 3 is 2.46 bits per heavy atom. The number of benzene rings is 3. The monoisotopic (exact) mass is 911 g/mol. The Morgan fingerprint density at radius 2 is 1.79 bits per heavy atom. The van der Waals surface area contributed by atoms with Crippen LogP contribution in [0.3, 0.4) is 0 Å². The molecule has 14 nitrogen and oxygen atoms in total. The molecule has 0 radical (unpaired) electrons. The van der Waals surface area contributed by atoms with Crippen molar-refractivity contribution in [1.82, 2.24) is 39.4 Å². The number of carbonyl (C=O) groups is 1. The van der Waals surface area contributed by atoms with E-state index in [9.17, 15) is 30.8 Å². The fourth-order valence-electron chi connectivity index (χ4n) is 8.41. The Bertz CT molecular complexity index is 3190. The Kier molecular flexibility index (Phi) is 10.0. The number of nitrogens with zero attached hydrogens (tertiary/aromatic N) is 7. The van der Waals surface area contributed by atoms with Crippen LogP contribution in [0.15, 0.2) is 71.7 Å². The zero-order chi connectivity index (χ0) is 44.9. The van der Waals surface area contributed by atoms with Crippen LogP contribution in [-0.4, -0.2) is 61.8 Å². The van der Waals surface area contributed by atoms with E-state index in [4.69, 9.17) is 21.3 Å². The molecule has 1 fully saturated rings. The normalized spacial score (nSPS) is 16.9. The van der Waals surface area contributed by atoms with Gasteiger partial charge in [-0.25, -0.2) is 31.0 Å². The van der Waals surface area contributed by atoms with Gasteiger partial charge in [-0.15, -0.1) is 0 Å². The van der Waals surface area contributed by atoms with E-state index < -0.39 is 87.7 Å². The number of rotatable bonds is 12. The Labute approximate surface area is 357 Å². The van der Waals surface area contributed by atoms with Crippen molar-refractivity contribution in [2.45, 2.75) is 43.7 Å². The number of pyridine rings is 1. The molecule has 63 heavy (non-hydrogen) atoms. The number of hydrogen-bond acceptors (Lipinski definition) is 9. The maximum Gasteiger partial charge on any atom is 0.293 e. The molecule has 326 valence electrons. The number of hydrogen-bond donors (Lipinski definition) is 2. The van der Waals surface area contributed by atoms with E-state index >= 15 is 13.6 Å². The number of anilines is 1. The van der Waals surface area contributed by atoms with Gasteiger partial charge in [0.25, 0.3) is 17.9 Å². The molecule has 0 bridgehead atoms. The van der Waals surface area contributed by atoms with Crippen molar-refractivity contribution >= 4 is 55.2 Å². The van der Waals surface area contributed by atoms with Gasteiger partial charge in [0, 0.05) is 36.6 Å². The molecule has 4 heterocycles. The third-order valence-electron chi connectivity index (χ3n) is 11.1. The molecule has 9 rings (SSSR count). The number of sulfonamides is 1. The molecule has 3 atom stereocenters. The molecule has 1 amide bonds. The third-order valence-corrected chi connectivity index (χ3v) is 12.0. The van der Waals surface area contributed by atoms with E-state index in [-0.39, 0.29) is 61.7 Å². The summed E-state index contributed by atoms with van der Waals surface area (Å²) in [6.45, 7) is -0.989. The molecule has 0 spiro atoms. The first-order chi connectivity index (χ1) is 29.8. The number of aromatic nitrogens is 7. The molecule has 3 aromatic carbocycles. The van der Waals surface area contributed by atoms with Gasteiger partial charge in [0.05, 0.1) is 63.8 Å². The molecule has 7 aromatic rings. The number of nitrogens with one attached hydrogen (secondary N) is 2. The number of aryl methyl sites for hydroxylation is 1. The van der Waals surface area contributed by atoms with Gasteiger partial charge in [-0.3, -0.25) is 33.2 Å². The number of ether oxygens (including phenoxy) is 1. The second-order valence-electron chi connectivity index (χ2n) is 15.3. The van der Waals surface area contributed by atoms with Crippen molar-refractivity contribution in [3.63, 3.8) is 0 Å². The smallest absolute Gasteiger partial charge is 0.293 e. The van der Waals surface area contributed by atoms with Crippen molar-refractivity contribution in [2.24, 2.45) is 13.0 Å². The predicted octanol–water partition coefficient (Wildman–Crippen LogP) is 7.09. The zero-order valence-electron chi connectivity index (χ0n) is 33.0. The molecule has 0 aliphatic heterocycles. The molecule has 2 aliphatic rings. The summed E-state index contributed by atoms with van der Waals surface area (Å²) >= 11 is 6.63. The van der Waals surface area contributed by atoms with Gasteiger partial charge in [-0.1, -0.05) is 17.7 Å². The van der Waals surface area contributed by atoms with Crippen LogP contribution in [0.2, 0.25) is 5.02 Å². The predicted molar refractivity (Wildman–Crippen MR) is 218 cm³/mol. The number of amides is 1. The second-order valence-corrected chi connectivity index (χ2v) is 17.5. The summed E-state index contributed by atoms with van der Waals surface area (Å²) < 4.78 is 124. The van der Waals surface area contributed by atoms with Gasteiger partial charge >= 0.3 is 0 Å². The van der Waals surface area contributed by atoms with Gasteiger partial charge in [-0.05, 0) is 66.4 Å². The number of alkyl halides is 4. The average Bonchev–Trinajstić information content (AvgIpc) is 3.75. The lowest BCUT2D eigenvalue weighted by Crippen LogP contribution is -2.38. The highest BCUT2D eigenvalue weighted by molar-refractivity contribution is 7.92. The standard InChI is InChI=1S/C41H32ClF6N9O5S/c1-55-35-30(9-7-26(42)33(35)38(53-55)54-63(3,60)61)57-39(51-28-13-19(4-6-23(28)40(57)59)27-8-5-22(62-2)16-49-27)29(12-18-10-20(43)14-21(44)11-18)50-31(58)17-56-36-32(34(52-56)37(45)46)24-15-25(24)41(36,47)48/h4-11,13-14,16,24-25,29,37H,12,15,17H2,1-3H3,(H,50,58)(H,53,54)/t24-,25+,29-/m0/s1. The van der Waals surface area contributed by atoms with E-state index in [1.165, 1.54) is 43.2 Å². The Morgan fingerprint density at radius 1 is 1.05 bits per heavy atom. The molecular weight excluding hydrogens is 880 g/mol. The van der Waals surface area contributed by atoms with E-state index in [0.29, 0.717) is 27.8 Å². The van der Waals surface area contributed by atoms with Gasteiger partial charge in [0.15, 0.2) is 5.82 Å². The van der Waals surface area contributed by atoms with Crippen molar-refractivity contribution in [3.05, 3.63) is 122 Å². The van der Waals surface area contributed by atoms with E-state index in [1.54, 1.807) is 24.3 Å². The molecular formula is C41H32ClF6N9O5S. The lowest BCUT2D eigenvalue weighted by atomic mass is 10.0. The summed E-state index contributed by atoms with van der Waals surface area (Å²) in [5.41, 5.74) is -1.61. The number of methoxy groups -OCH3 is 1. The van der Waals surface area contributed by atoms with Gasteiger partial charge in [-0.2, -0.15) is 19.0 Å². The maximum absolute atomic E-state index is 15.5. The minimum absolute atomic E-state index is 0.00821. The topological polar surface area (TPSA) is 168 Å². The molecule has 4 aromatic heterocycles. The van der Waals surface area contributed by atoms with Crippen molar-refractivity contribution in [3.8, 4) is 22.7 Å². The van der Waals surface area contributed by atoms with Crippen LogP contribution in [0.5, 0.6) is 5.75 Å². The van der Waals surface area contributed by atoms with Gasteiger partial charge in [0.2, 0.25) is 15.9 Å². The lowest BCUT2D eigenvalue weighted by Gasteiger charge is -2.24. The SMILES string of the molecule is COc1ccc(-c2ccc3c(=O)n(-c4ccc(Cl)c5c(NS(C)(=O)=O)nn(C)c45)c([C@H](Cc4cc(F)cc(F)c4)NC(=O)Cn4nc(C(F)F)c5c4C(F)(F)[C@@H]4C[C@H]54)nc3c2)nc1. The fraction of sp³-hybridized carbons (Fsp3) is 0.268. The van der Waals surface area contributed by atoms with E-state index in [2.05, 4.69) is 25.2 Å². The second kappa shape index (κ2) is 15.1. The first-order valence-corrected chi connectivity index (χ1v) is 21.3. The first kappa shape index (κ1) is 41.9. The van der Waals surface area contributed by atoms with E-state index in [1.807, 2.05) is 0 Å². The van der Waals surface area contributed by atoms with Crippen molar-refractivity contribution < 1.29 is 44.3 Å². The summed E-state index contributed by atoms with van der Waals surface area (Å²) in [4.78, 5) is 38.5. The zero-order valence-corrected chi connectivity index (χ0v) is 34.6. The van der Waals surface area contributed by atoms with Gasteiger partial charge < -0.3 is 10.1 Å². The van der Waals surface area contributed by atoms with Crippen molar-refractivity contribution in [1.29, 1.82) is 0 Å². The molecule has 22 heteroatoms. The van der Waals surface area contributed by atoms with Crippen LogP contribution < -0.4 is 20.3 Å². The summed E-state index contributed by atoms with van der Waals surface area (Å²) in [5, 5.41) is 10.8. The Balaban J connectivity index is 1.25. The van der Waals surface area contributed by atoms with Crippen LogP contribution in [0, 0.1) is 17.6 Å². The van der Waals surface area contributed by atoms with Gasteiger partial charge in [0.1, 0.15) is 41.1 Å². The first-order valence-electron chi connectivity index (χ1n) is 19.0. The van der Waals surface area contributed by atoms with Crippen LogP contribution in [0.4, 0.5) is 32.2 Å². The van der Waals surface area contributed by atoms with E-state index in [0.717, 1.165) is 23.0 Å². The summed E-state index contributed by atoms with van der Waals surface area (Å²) in [7, 11) is -0.994. The highest BCUT2D eigenvalue weighted by atomic mass is 35.5. The minimum Gasteiger partial charge on any atom is -0.495 e. The molecule has 0 saturated heterocycles. The van der Waals surface area contributed by atoms with Crippen LogP contribution in [0.1, 0.15) is 53.1 Å². The number of fused-ring (bicyclic) bond motifs is 5. The highest BCUT2D eigenvalue weighted by Crippen LogP contribution is 2.68. The summed E-state index contributed by atoms with van der Waals surface area (Å²) in [5.74, 6) is -8.60. The average molecular weight is 912 g/mol. The van der Waals surface area contributed by atoms with Crippen molar-refractivity contribution in [2.75, 3.05) is 18.1 Å². The fourth-order valence-corrected chi connectivity index (χ4v) is 9.15. The molecule has 0 unspecified atom stereocenters. The minimum atomic E-state index is -3.92. The third kappa shape index (κ3) is 7.41. The largest absolute Gasteiger partial charge is 0.495 e. The number of carbonyl (C=O) groups excluding carboxylic acids is 1. The highest BCUT2D eigenvalue weighted by Gasteiger charge is 2.67. The Hall–Kier alpha value is -6.48. The summed E-state index contributed by atoms with van der Waals surface area (Å²) in [6, 6.07) is 11.8. The molecule has 1 saturated carbocycles. The van der Waals surface area contributed by atoms with Crippen LogP contribution in [-0.2, 0) is 40.8 Å². The quantitative estimate of drug-likeness (QED) is 0.122. The van der Waals surface area contributed by atoms with Crippen LogP contribution >= 0.6 is 11.6 Å². The molecule has 2 aliphatic carbocycles. The summed E-state index contributed by atoms with van der Waals surface area (Å²) in [6.07, 6.45) is -1.31. The van der Waals surface area contributed by atoms with Crippen LogP contribution in [0.25, 0.3) is 38.8 Å². The number of halogens is 7. The maximum atomic E-state index is 15.5. The molecule has 2 N–H and O–H groups in total. The lowest BCUT2D eigenvalue weighted by molar-refractivity contribution is -0.123.